The predicted octanol–water partition coefficient (Wildman–Crippen LogP) is 3.69. The molecule has 0 aliphatic rings. The van der Waals surface area contributed by atoms with E-state index in [0.29, 0.717) is 18.1 Å². The molecule has 0 aliphatic carbocycles. The highest BCUT2D eigenvalue weighted by Crippen LogP contribution is 2.26. The van der Waals surface area contributed by atoms with Crippen molar-refractivity contribution in [3.8, 4) is 5.75 Å². The van der Waals surface area contributed by atoms with Gasteiger partial charge in [0.2, 0.25) is 0 Å². The maximum absolute atomic E-state index is 11.7. The average molecular weight is 352 g/mol. The number of benzene rings is 1. The fraction of sp³-hybridized carbons (Fsp3) is 0.312. The molecule has 1 heterocycles. The normalized spacial score (nSPS) is 10.4. The first-order valence-electron chi connectivity index (χ1n) is 6.89. The van der Waals surface area contributed by atoms with Gasteiger partial charge in [0.1, 0.15) is 11.5 Å². The molecule has 1 aromatic heterocycles. The van der Waals surface area contributed by atoms with Gasteiger partial charge in [-0.1, -0.05) is 19.4 Å². The number of carbonyl (C=O) groups excluding carboxylic acids is 1. The zero-order chi connectivity index (χ0) is 15.1. The zero-order valence-electron chi connectivity index (χ0n) is 11.9. The third-order valence-electron chi connectivity index (χ3n) is 2.93. The molecule has 2 rings (SSSR count). The van der Waals surface area contributed by atoms with Gasteiger partial charge in [0.15, 0.2) is 6.61 Å². The van der Waals surface area contributed by atoms with E-state index in [-0.39, 0.29) is 12.5 Å². The molecule has 0 saturated heterocycles. The minimum absolute atomic E-state index is 0.0214. The maximum Gasteiger partial charge on any atom is 0.258 e. The summed E-state index contributed by atoms with van der Waals surface area (Å²) >= 11 is 3.47. The average Bonchev–Trinajstić information content (AvgIpc) is 2.98. The summed E-state index contributed by atoms with van der Waals surface area (Å²) in [7, 11) is 0. The van der Waals surface area contributed by atoms with Crippen LogP contribution >= 0.6 is 15.9 Å². The standard InChI is InChI=1S/C16H18BrNO3/c1-2-4-12-6-7-15(14(17)9-12)21-11-16(19)18-10-13-5-3-8-20-13/h3,5-9H,2,4,10-11H2,1H3,(H,18,19). The quantitative estimate of drug-likeness (QED) is 0.827. The SMILES string of the molecule is CCCc1ccc(OCC(=O)NCc2ccco2)c(Br)c1. The number of hydrogen-bond acceptors (Lipinski definition) is 3. The van der Waals surface area contributed by atoms with Gasteiger partial charge in [0, 0.05) is 0 Å². The van der Waals surface area contributed by atoms with E-state index in [1.54, 1.807) is 12.3 Å². The lowest BCUT2D eigenvalue weighted by Crippen LogP contribution is -2.28. The third-order valence-corrected chi connectivity index (χ3v) is 3.55. The Hall–Kier alpha value is -1.75. The molecular formula is C16H18BrNO3. The number of nitrogens with one attached hydrogen (secondary N) is 1. The second kappa shape index (κ2) is 7.88. The summed E-state index contributed by atoms with van der Waals surface area (Å²) in [6, 6.07) is 9.52. The topological polar surface area (TPSA) is 51.5 Å². The first-order valence-corrected chi connectivity index (χ1v) is 7.68. The number of ether oxygens (including phenoxy) is 1. The molecule has 0 atom stereocenters. The van der Waals surface area contributed by atoms with Gasteiger partial charge >= 0.3 is 0 Å². The Morgan fingerprint density at radius 1 is 1.38 bits per heavy atom. The Kier molecular flexibility index (Phi) is 5.87. The second-order valence-electron chi connectivity index (χ2n) is 4.66. The van der Waals surface area contributed by atoms with Crippen LogP contribution in [0.5, 0.6) is 5.75 Å². The largest absolute Gasteiger partial charge is 0.483 e. The van der Waals surface area contributed by atoms with Crippen LogP contribution in [-0.4, -0.2) is 12.5 Å². The summed E-state index contributed by atoms with van der Waals surface area (Å²) in [5, 5.41) is 2.73. The summed E-state index contributed by atoms with van der Waals surface area (Å²) in [6.07, 6.45) is 3.71. The molecule has 0 aliphatic heterocycles. The van der Waals surface area contributed by atoms with Crippen molar-refractivity contribution in [3.05, 3.63) is 52.4 Å². The van der Waals surface area contributed by atoms with Crippen molar-refractivity contribution in [3.63, 3.8) is 0 Å². The molecule has 112 valence electrons. The van der Waals surface area contributed by atoms with E-state index in [9.17, 15) is 4.79 Å². The molecule has 1 N–H and O–H groups in total. The number of amides is 1. The first-order chi connectivity index (χ1) is 10.2. The molecule has 0 spiro atoms. The van der Waals surface area contributed by atoms with Crippen LogP contribution in [0.1, 0.15) is 24.7 Å². The van der Waals surface area contributed by atoms with E-state index in [0.717, 1.165) is 17.3 Å². The Labute approximate surface area is 132 Å². The van der Waals surface area contributed by atoms with E-state index in [1.165, 1.54) is 5.56 Å². The van der Waals surface area contributed by atoms with Gasteiger partial charge < -0.3 is 14.5 Å². The van der Waals surface area contributed by atoms with Gasteiger partial charge in [-0.05, 0) is 52.2 Å². The van der Waals surface area contributed by atoms with Gasteiger partial charge in [0.25, 0.3) is 5.91 Å². The van der Waals surface area contributed by atoms with Crippen LogP contribution in [0.25, 0.3) is 0 Å². The van der Waals surface area contributed by atoms with Crippen LogP contribution < -0.4 is 10.1 Å². The number of halogens is 1. The van der Waals surface area contributed by atoms with Crippen LogP contribution in [0.2, 0.25) is 0 Å². The van der Waals surface area contributed by atoms with Crippen LogP contribution in [0.3, 0.4) is 0 Å². The summed E-state index contributed by atoms with van der Waals surface area (Å²) in [5.74, 6) is 1.20. The Morgan fingerprint density at radius 2 is 2.24 bits per heavy atom. The molecule has 2 aromatic rings. The highest BCUT2D eigenvalue weighted by atomic mass is 79.9. The van der Waals surface area contributed by atoms with E-state index in [1.807, 2.05) is 24.3 Å². The summed E-state index contributed by atoms with van der Waals surface area (Å²) < 4.78 is 11.5. The van der Waals surface area contributed by atoms with Crippen LogP contribution in [0, 0.1) is 0 Å². The first kappa shape index (κ1) is 15.6. The molecule has 4 nitrogen and oxygen atoms in total. The highest BCUT2D eigenvalue weighted by Gasteiger charge is 2.07. The lowest BCUT2D eigenvalue weighted by Gasteiger charge is -2.09. The Balaban J connectivity index is 1.80. The summed E-state index contributed by atoms with van der Waals surface area (Å²) in [4.78, 5) is 11.7. The van der Waals surface area contributed by atoms with Gasteiger partial charge in [-0.3, -0.25) is 4.79 Å². The van der Waals surface area contributed by atoms with Crippen molar-refractivity contribution >= 4 is 21.8 Å². The van der Waals surface area contributed by atoms with Crippen molar-refractivity contribution in [2.24, 2.45) is 0 Å². The molecule has 0 bridgehead atoms. The number of aryl methyl sites for hydroxylation is 1. The summed E-state index contributed by atoms with van der Waals surface area (Å²) in [5.41, 5.74) is 1.25. The maximum atomic E-state index is 11.7. The fourth-order valence-electron chi connectivity index (χ4n) is 1.90. The lowest BCUT2D eigenvalue weighted by molar-refractivity contribution is -0.123. The second-order valence-corrected chi connectivity index (χ2v) is 5.51. The Bertz CT molecular complexity index is 581. The molecule has 0 unspecified atom stereocenters. The molecule has 0 radical (unpaired) electrons. The molecule has 1 amide bonds. The van der Waals surface area contributed by atoms with Crippen molar-refractivity contribution in [2.45, 2.75) is 26.3 Å². The van der Waals surface area contributed by atoms with Crippen molar-refractivity contribution in [1.82, 2.24) is 5.32 Å². The number of furan rings is 1. The number of hydrogen-bond donors (Lipinski definition) is 1. The smallest absolute Gasteiger partial charge is 0.258 e. The van der Waals surface area contributed by atoms with Gasteiger partial charge in [-0.15, -0.1) is 0 Å². The predicted molar refractivity (Wildman–Crippen MR) is 84.2 cm³/mol. The van der Waals surface area contributed by atoms with E-state index >= 15 is 0 Å². The molecule has 5 heteroatoms. The fourth-order valence-corrected chi connectivity index (χ4v) is 2.44. The van der Waals surface area contributed by atoms with Crippen LogP contribution in [-0.2, 0) is 17.8 Å². The highest BCUT2D eigenvalue weighted by molar-refractivity contribution is 9.10. The van der Waals surface area contributed by atoms with Crippen molar-refractivity contribution in [1.29, 1.82) is 0 Å². The minimum Gasteiger partial charge on any atom is -0.483 e. The number of carbonyl (C=O) groups is 1. The monoisotopic (exact) mass is 351 g/mol. The lowest BCUT2D eigenvalue weighted by atomic mass is 10.1. The van der Waals surface area contributed by atoms with Crippen LogP contribution in [0.4, 0.5) is 0 Å². The molecule has 1 aromatic carbocycles. The summed E-state index contributed by atoms with van der Waals surface area (Å²) in [6.45, 7) is 2.49. The van der Waals surface area contributed by atoms with E-state index in [4.69, 9.17) is 9.15 Å². The number of rotatable bonds is 7. The van der Waals surface area contributed by atoms with Crippen molar-refractivity contribution < 1.29 is 13.9 Å². The van der Waals surface area contributed by atoms with Crippen LogP contribution in [0.15, 0.2) is 45.5 Å². The van der Waals surface area contributed by atoms with E-state index in [2.05, 4.69) is 28.2 Å². The van der Waals surface area contributed by atoms with E-state index < -0.39 is 0 Å². The molecular weight excluding hydrogens is 334 g/mol. The molecule has 21 heavy (non-hydrogen) atoms. The minimum atomic E-state index is -0.184. The molecule has 0 fully saturated rings. The molecule has 0 saturated carbocycles. The zero-order valence-corrected chi connectivity index (χ0v) is 13.5. The van der Waals surface area contributed by atoms with Gasteiger partial charge in [-0.2, -0.15) is 0 Å². The van der Waals surface area contributed by atoms with Crippen molar-refractivity contribution in [2.75, 3.05) is 6.61 Å². The van der Waals surface area contributed by atoms with Gasteiger partial charge in [-0.25, -0.2) is 0 Å². The Morgan fingerprint density at radius 3 is 2.90 bits per heavy atom. The van der Waals surface area contributed by atoms with Gasteiger partial charge in [0.05, 0.1) is 17.3 Å². The third kappa shape index (κ3) is 4.93.